The van der Waals surface area contributed by atoms with Crippen LogP contribution < -0.4 is 5.32 Å². The van der Waals surface area contributed by atoms with Crippen molar-refractivity contribution in [3.05, 3.63) is 29.0 Å². The molecule has 1 amide bonds. The lowest BCUT2D eigenvalue weighted by atomic mass is 10.1. The molecular formula is C17H23N3O3S. The van der Waals surface area contributed by atoms with Crippen LogP contribution in [0.25, 0.3) is 10.8 Å². The van der Waals surface area contributed by atoms with Crippen molar-refractivity contribution in [2.45, 2.75) is 13.8 Å². The number of carbonyl (C=O) groups excluding carboxylic acids is 1. The maximum absolute atomic E-state index is 12.4. The summed E-state index contributed by atoms with van der Waals surface area (Å²) in [6.07, 6.45) is 1.61. The highest BCUT2D eigenvalue weighted by Crippen LogP contribution is 2.27. The average Bonchev–Trinajstić information content (AvgIpc) is 3.23. The third-order valence-electron chi connectivity index (χ3n) is 4.03. The minimum atomic E-state index is -0.115. The molecule has 0 saturated carbocycles. The van der Waals surface area contributed by atoms with Gasteiger partial charge in [0.25, 0.3) is 5.91 Å². The molecule has 24 heavy (non-hydrogen) atoms. The maximum Gasteiger partial charge on any atom is 0.271 e. The topological polar surface area (TPSA) is 67.6 Å². The summed E-state index contributed by atoms with van der Waals surface area (Å²) < 4.78 is 10.7. The quantitative estimate of drug-likeness (QED) is 0.867. The molecule has 6 nitrogen and oxygen atoms in total. The third-order valence-corrected chi connectivity index (χ3v) is 5.01. The standard InChI is InChI=1S/C17H23N3O3S/c1-12(11-20-5-8-22-9-6-20)10-18-16(21)15-13(2)24-17(19-15)14-4-3-7-23-14/h3-4,7,12H,5-6,8-11H2,1-2H3,(H,18,21)/t12-/m1/s1. The molecule has 3 rings (SSSR count). The number of furan rings is 1. The molecule has 0 bridgehead atoms. The minimum Gasteiger partial charge on any atom is -0.462 e. The van der Waals surface area contributed by atoms with Gasteiger partial charge in [-0.25, -0.2) is 4.98 Å². The van der Waals surface area contributed by atoms with E-state index >= 15 is 0 Å². The monoisotopic (exact) mass is 349 g/mol. The van der Waals surface area contributed by atoms with E-state index in [1.54, 1.807) is 6.26 Å². The van der Waals surface area contributed by atoms with Gasteiger partial charge in [-0.2, -0.15) is 0 Å². The van der Waals surface area contributed by atoms with Gasteiger partial charge in [0.05, 0.1) is 19.5 Å². The normalized spacial score (nSPS) is 16.9. The summed E-state index contributed by atoms with van der Waals surface area (Å²) in [6, 6.07) is 3.67. The number of hydrogen-bond donors (Lipinski definition) is 1. The molecule has 0 aliphatic carbocycles. The van der Waals surface area contributed by atoms with E-state index in [2.05, 4.69) is 22.1 Å². The summed E-state index contributed by atoms with van der Waals surface area (Å²) in [5, 5.41) is 3.74. The zero-order valence-corrected chi connectivity index (χ0v) is 14.9. The molecule has 1 aliphatic heterocycles. The molecular weight excluding hydrogens is 326 g/mol. The van der Waals surface area contributed by atoms with Crippen LogP contribution in [0.2, 0.25) is 0 Å². The Labute approximate surface area is 145 Å². The van der Waals surface area contributed by atoms with Crippen LogP contribution in [0.4, 0.5) is 0 Å². The smallest absolute Gasteiger partial charge is 0.271 e. The molecule has 0 radical (unpaired) electrons. The SMILES string of the molecule is Cc1sc(-c2ccco2)nc1C(=O)NC[C@@H](C)CN1CCOCC1. The second-order valence-corrected chi connectivity index (χ2v) is 7.33. The number of aryl methyl sites for hydroxylation is 1. The lowest BCUT2D eigenvalue weighted by molar-refractivity contribution is 0.0317. The highest BCUT2D eigenvalue weighted by atomic mass is 32.1. The molecule has 0 aromatic carbocycles. The van der Waals surface area contributed by atoms with Crippen molar-refractivity contribution < 1.29 is 13.9 Å². The van der Waals surface area contributed by atoms with E-state index in [-0.39, 0.29) is 5.91 Å². The predicted molar refractivity (Wildman–Crippen MR) is 93.3 cm³/mol. The zero-order chi connectivity index (χ0) is 16.9. The van der Waals surface area contributed by atoms with E-state index in [9.17, 15) is 4.79 Å². The van der Waals surface area contributed by atoms with Gasteiger partial charge in [0.1, 0.15) is 5.69 Å². The Morgan fingerprint density at radius 2 is 2.25 bits per heavy atom. The zero-order valence-electron chi connectivity index (χ0n) is 14.1. The van der Waals surface area contributed by atoms with Crippen LogP contribution in [-0.4, -0.2) is 55.2 Å². The van der Waals surface area contributed by atoms with E-state index in [0.717, 1.165) is 42.7 Å². The van der Waals surface area contributed by atoms with Crippen molar-refractivity contribution in [3.8, 4) is 10.8 Å². The predicted octanol–water partition coefficient (Wildman–Crippen LogP) is 2.41. The molecule has 1 aliphatic rings. The number of hydrogen-bond acceptors (Lipinski definition) is 6. The van der Waals surface area contributed by atoms with Crippen LogP contribution in [0.3, 0.4) is 0 Å². The van der Waals surface area contributed by atoms with Crippen molar-refractivity contribution in [2.75, 3.05) is 39.4 Å². The fourth-order valence-electron chi connectivity index (χ4n) is 2.75. The van der Waals surface area contributed by atoms with E-state index in [1.807, 2.05) is 19.1 Å². The van der Waals surface area contributed by atoms with Crippen molar-refractivity contribution >= 4 is 17.2 Å². The lowest BCUT2D eigenvalue weighted by Crippen LogP contribution is -2.41. The van der Waals surface area contributed by atoms with Gasteiger partial charge in [-0.15, -0.1) is 11.3 Å². The molecule has 3 heterocycles. The summed E-state index contributed by atoms with van der Waals surface area (Å²) in [4.78, 5) is 20.1. The number of ether oxygens (including phenoxy) is 1. The first-order valence-electron chi connectivity index (χ1n) is 8.23. The highest BCUT2D eigenvalue weighted by molar-refractivity contribution is 7.15. The first-order valence-corrected chi connectivity index (χ1v) is 9.04. The van der Waals surface area contributed by atoms with Crippen molar-refractivity contribution in [2.24, 2.45) is 5.92 Å². The molecule has 130 valence electrons. The van der Waals surface area contributed by atoms with Crippen LogP contribution in [-0.2, 0) is 4.74 Å². The molecule has 1 saturated heterocycles. The van der Waals surface area contributed by atoms with Crippen LogP contribution >= 0.6 is 11.3 Å². The van der Waals surface area contributed by atoms with Crippen molar-refractivity contribution in [1.82, 2.24) is 15.2 Å². The van der Waals surface area contributed by atoms with E-state index in [1.165, 1.54) is 11.3 Å². The van der Waals surface area contributed by atoms with Gasteiger partial charge >= 0.3 is 0 Å². The summed E-state index contributed by atoms with van der Waals surface area (Å²) in [6.45, 7) is 9.21. The molecule has 0 unspecified atom stereocenters. The van der Waals surface area contributed by atoms with Crippen LogP contribution in [0.5, 0.6) is 0 Å². The number of amides is 1. The number of thiazole rings is 1. The minimum absolute atomic E-state index is 0.115. The maximum atomic E-state index is 12.4. The van der Waals surface area contributed by atoms with Gasteiger partial charge < -0.3 is 14.5 Å². The molecule has 7 heteroatoms. The third kappa shape index (κ3) is 4.23. The number of rotatable bonds is 6. The molecule has 1 fully saturated rings. The van der Waals surface area contributed by atoms with Gasteiger partial charge in [-0.3, -0.25) is 9.69 Å². The number of nitrogens with one attached hydrogen (secondary N) is 1. The van der Waals surface area contributed by atoms with Gasteiger partial charge in [-0.05, 0) is 25.0 Å². The molecule has 1 N–H and O–H groups in total. The lowest BCUT2D eigenvalue weighted by Gasteiger charge is -2.29. The van der Waals surface area contributed by atoms with Gasteiger partial charge in [-0.1, -0.05) is 6.92 Å². The Kier molecular flexibility index (Phi) is 5.65. The van der Waals surface area contributed by atoms with E-state index < -0.39 is 0 Å². The van der Waals surface area contributed by atoms with Gasteiger partial charge in [0.2, 0.25) is 0 Å². The number of aromatic nitrogens is 1. The van der Waals surface area contributed by atoms with Crippen molar-refractivity contribution in [3.63, 3.8) is 0 Å². The number of morpholine rings is 1. The summed E-state index contributed by atoms with van der Waals surface area (Å²) in [5.41, 5.74) is 0.491. The number of nitrogens with zero attached hydrogens (tertiary/aromatic N) is 2. The first kappa shape index (κ1) is 17.1. The first-order chi connectivity index (χ1) is 11.6. The Morgan fingerprint density at radius 3 is 2.96 bits per heavy atom. The molecule has 2 aromatic rings. The highest BCUT2D eigenvalue weighted by Gasteiger charge is 2.19. The van der Waals surface area contributed by atoms with Crippen LogP contribution in [0.15, 0.2) is 22.8 Å². The van der Waals surface area contributed by atoms with E-state index in [0.29, 0.717) is 23.9 Å². The second kappa shape index (κ2) is 7.92. The summed E-state index contributed by atoms with van der Waals surface area (Å²) >= 11 is 1.48. The summed E-state index contributed by atoms with van der Waals surface area (Å²) in [7, 11) is 0. The van der Waals surface area contributed by atoms with Crippen LogP contribution in [0, 0.1) is 12.8 Å². The Balaban J connectivity index is 1.53. The average molecular weight is 349 g/mol. The van der Waals surface area contributed by atoms with E-state index in [4.69, 9.17) is 9.15 Å². The fourth-order valence-corrected chi connectivity index (χ4v) is 3.63. The number of carbonyl (C=O) groups is 1. The fraction of sp³-hybridized carbons (Fsp3) is 0.529. The Hall–Kier alpha value is -1.70. The molecule has 0 spiro atoms. The molecule has 2 aromatic heterocycles. The van der Waals surface area contributed by atoms with Gasteiger partial charge in [0, 0.05) is 31.1 Å². The second-order valence-electron chi connectivity index (χ2n) is 6.13. The molecule has 1 atom stereocenters. The van der Waals surface area contributed by atoms with Gasteiger partial charge in [0.15, 0.2) is 10.8 Å². The van der Waals surface area contributed by atoms with Crippen molar-refractivity contribution in [1.29, 1.82) is 0 Å². The largest absolute Gasteiger partial charge is 0.462 e. The summed E-state index contributed by atoms with van der Waals surface area (Å²) in [5.74, 6) is 0.966. The Bertz CT molecular complexity index is 663. The van der Waals surface area contributed by atoms with Crippen LogP contribution in [0.1, 0.15) is 22.3 Å². The Morgan fingerprint density at radius 1 is 1.46 bits per heavy atom.